The number of benzene rings is 1. The van der Waals surface area contributed by atoms with Crippen molar-refractivity contribution >= 4 is 0 Å². The van der Waals surface area contributed by atoms with Crippen molar-refractivity contribution < 1.29 is 14.2 Å². The Balaban J connectivity index is 1.83. The lowest BCUT2D eigenvalue weighted by atomic mass is 10.0. The summed E-state index contributed by atoms with van der Waals surface area (Å²) in [6, 6.07) is 6.05. The number of aliphatic hydroxyl groups excluding tert-OH is 1. The quantitative estimate of drug-likeness (QED) is 0.909. The van der Waals surface area contributed by atoms with Gasteiger partial charge in [-0.15, -0.1) is 0 Å². The van der Waals surface area contributed by atoms with Crippen molar-refractivity contribution in [2.45, 2.75) is 32.0 Å². The Morgan fingerprint density at radius 3 is 2.68 bits per heavy atom. The minimum absolute atomic E-state index is 0.112. The first-order chi connectivity index (χ1) is 8.96. The molecule has 1 saturated heterocycles. The molecule has 0 radical (unpaired) electrons. The van der Waals surface area contributed by atoms with Crippen molar-refractivity contribution in [1.82, 2.24) is 4.90 Å². The van der Waals surface area contributed by atoms with Crippen LogP contribution in [0.5, 0.6) is 0 Å². The molecule has 0 spiro atoms. The topological polar surface area (TPSA) is 32.7 Å². The van der Waals surface area contributed by atoms with Gasteiger partial charge in [0.1, 0.15) is 5.82 Å². The highest BCUT2D eigenvalue weighted by molar-refractivity contribution is 5.18. The fourth-order valence-corrected chi connectivity index (χ4v) is 2.46. The van der Waals surface area contributed by atoms with Crippen LogP contribution in [0.1, 0.15) is 31.9 Å². The normalized spacial score (nSPS) is 21.3. The summed E-state index contributed by atoms with van der Waals surface area (Å²) in [5.74, 6) is -0.272. The molecule has 1 N–H and O–H groups in total. The Bertz CT molecular complexity index is 405. The molecule has 1 unspecified atom stereocenters. The molecule has 0 bridgehead atoms. The van der Waals surface area contributed by atoms with Gasteiger partial charge in [-0.2, -0.15) is 0 Å². The molecule has 1 fully saturated rings. The zero-order valence-corrected chi connectivity index (χ0v) is 11.6. The largest absolute Gasteiger partial charge is 0.388 e. The van der Waals surface area contributed by atoms with Crippen molar-refractivity contribution in [3.63, 3.8) is 0 Å². The third-order valence-corrected chi connectivity index (χ3v) is 3.48. The van der Waals surface area contributed by atoms with E-state index in [1.165, 1.54) is 12.1 Å². The number of halogens is 1. The van der Waals surface area contributed by atoms with Crippen LogP contribution in [0.4, 0.5) is 4.39 Å². The van der Waals surface area contributed by atoms with Crippen molar-refractivity contribution in [2.24, 2.45) is 0 Å². The highest BCUT2D eigenvalue weighted by Gasteiger charge is 2.27. The van der Waals surface area contributed by atoms with Crippen LogP contribution in [0, 0.1) is 5.82 Å². The van der Waals surface area contributed by atoms with E-state index in [1.807, 2.05) is 0 Å². The fourth-order valence-electron chi connectivity index (χ4n) is 2.46. The number of aliphatic hydroxyl groups is 1. The van der Waals surface area contributed by atoms with E-state index >= 15 is 0 Å². The molecular weight excluding hydrogens is 245 g/mol. The van der Waals surface area contributed by atoms with E-state index in [2.05, 4.69) is 18.7 Å². The van der Waals surface area contributed by atoms with E-state index < -0.39 is 6.10 Å². The zero-order valence-electron chi connectivity index (χ0n) is 11.6. The summed E-state index contributed by atoms with van der Waals surface area (Å²) in [5, 5.41) is 10.1. The van der Waals surface area contributed by atoms with Gasteiger partial charge in [0, 0.05) is 19.6 Å². The summed E-state index contributed by atoms with van der Waals surface area (Å²) in [5.41, 5.74) is 0.660. The molecule has 4 heteroatoms. The Hall–Kier alpha value is -0.970. The summed E-state index contributed by atoms with van der Waals surface area (Å²) in [4.78, 5) is 2.30. The number of nitrogens with zero attached hydrogens (tertiary/aromatic N) is 1. The van der Waals surface area contributed by atoms with E-state index in [-0.39, 0.29) is 11.4 Å². The van der Waals surface area contributed by atoms with Gasteiger partial charge in [0.05, 0.1) is 18.3 Å². The minimum Gasteiger partial charge on any atom is -0.388 e. The maximum atomic E-state index is 12.8. The summed E-state index contributed by atoms with van der Waals surface area (Å²) < 4.78 is 18.5. The average Bonchev–Trinajstić information content (AvgIpc) is 2.36. The molecule has 1 atom stereocenters. The van der Waals surface area contributed by atoms with E-state index in [9.17, 15) is 9.50 Å². The molecule has 1 heterocycles. The predicted molar refractivity (Wildman–Crippen MR) is 72.4 cm³/mol. The van der Waals surface area contributed by atoms with Gasteiger partial charge in [0.25, 0.3) is 0 Å². The summed E-state index contributed by atoms with van der Waals surface area (Å²) in [6.45, 7) is 7.50. The molecule has 0 aliphatic carbocycles. The van der Waals surface area contributed by atoms with Crippen molar-refractivity contribution in [2.75, 3.05) is 26.2 Å². The molecule has 19 heavy (non-hydrogen) atoms. The SMILES string of the molecule is CC1(C)CN(CCC(O)c2ccc(F)cc2)CCO1. The van der Waals surface area contributed by atoms with Gasteiger partial charge < -0.3 is 9.84 Å². The lowest BCUT2D eigenvalue weighted by Crippen LogP contribution is -2.48. The average molecular weight is 267 g/mol. The molecule has 0 amide bonds. The Labute approximate surface area is 114 Å². The lowest BCUT2D eigenvalue weighted by molar-refractivity contribution is -0.0878. The highest BCUT2D eigenvalue weighted by atomic mass is 19.1. The van der Waals surface area contributed by atoms with Gasteiger partial charge in [-0.1, -0.05) is 12.1 Å². The van der Waals surface area contributed by atoms with E-state index in [0.29, 0.717) is 6.42 Å². The lowest BCUT2D eigenvalue weighted by Gasteiger charge is -2.38. The smallest absolute Gasteiger partial charge is 0.123 e. The highest BCUT2D eigenvalue weighted by Crippen LogP contribution is 2.20. The van der Waals surface area contributed by atoms with Gasteiger partial charge in [-0.05, 0) is 38.0 Å². The van der Waals surface area contributed by atoms with Crippen LogP contribution >= 0.6 is 0 Å². The van der Waals surface area contributed by atoms with Gasteiger partial charge in [0.2, 0.25) is 0 Å². The second-order valence-corrected chi connectivity index (χ2v) is 5.74. The molecule has 1 aliphatic heterocycles. The first kappa shape index (κ1) is 14.4. The molecule has 2 rings (SSSR count). The summed E-state index contributed by atoms with van der Waals surface area (Å²) in [7, 11) is 0. The maximum Gasteiger partial charge on any atom is 0.123 e. The molecular formula is C15H22FNO2. The molecule has 0 aromatic heterocycles. The van der Waals surface area contributed by atoms with Crippen LogP contribution in [0.25, 0.3) is 0 Å². The summed E-state index contributed by atoms with van der Waals surface area (Å²) >= 11 is 0. The Morgan fingerprint density at radius 1 is 1.37 bits per heavy atom. The Kier molecular flexibility index (Phi) is 4.55. The number of rotatable bonds is 4. The number of ether oxygens (including phenoxy) is 1. The van der Waals surface area contributed by atoms with Crippen molar-refractivity contribution in [1.29, 1.82) is 0 Å². The number of hydrogen-bond acceptors (Lipinski definition) is 3. The minimum atomic E-state index is -0.536. The second kappa shape index (κ2) is 5.99. The first-order valence-electron chi connectivity index (χ1n) is 6.76. The maximum absolute atomic E-state index is 12.8. The monoisotopic (exact) mass is 267 g/mol. The van der Waals surface area contributed by atoms with E-state index in [0.717, 1.165) is 31.8 Å². The predicted octanol–water partition coefficient (Wildman–Crippen LogP) is 2.36. The van der Waals surface area contributed by atoms with Crippen LogP contribution < -0.4 is 0 Å². The van der Waals surface area contributed by atoms with Crippen LogP contribution in [0.3, 0.4) is 0 Å². The van der Waals surface area contributed by atoms with Crippen molar-refractivity contribution in [3.8, 4) is 0 Å². The van der Waals surface area contributed by atoms with Gasteiger partial charge in [0.15, 0.2) is 0 Å². The molecule has 3 nitrogen and oxygen atoms in total. The fraction of sp³-hybridized carbons (Fsp3) is 0.600. The molecule has 106 valence electrons. The van der Waals surface area contributed by atoms with Crippen LogP contribution in [-0.4, -0.2) is 41.8 Å². The third-order valence-electron chi connectivity index (χ3n) is 3.48. The van der Waals surface area contributed by atoms with E-state index in [1.54, 1.807) is 12.1 Å². The van der Waals surface area contributed by atoms with Crippen LogP contribution in [0.15, 0.2) is 24.3 Å². The second-order valence-electron chi connectivity index (χ2n) is 5.74. The number of morpholine rings is 1. The Morgan fingerprint density at radius 2 is 2.05 bits per heavy atom. The molecule has 1 aromatic carbocycles. The van der Waals surface area contributed by atoms with Crippen LogP contribution in [0.2, 0.25) is 0 Å². The summed E-state index contributed by atoms with van der Waals surface area (Å²) in [6.07, 6.45) is 0.119. The molecule has 1 aliphatic rings. The third kappa shape index (κ3) is 4.27. The molecule has 1 aromatic rings. The van der Waals surface area contributed by atoms with Crippen LogP contribution in [-0.2, 0) is 4.74 Å². The first-order valence-corrected chi connectivity index (χ1v) is 6.76. The van der Waals surface area contributed by atoms with E-state index in [4.69, 9.17) is 4.74 Å². The van der Waals surface area contributed by atoms with Gasteiger partial charge in [-0.3, -0.25) is 4.90 Å². The molecule has 0 saturated carbocycles. The van der Waals surface area contributed by atoms with Gasteiger partial charge in [-0.25, -0.2) is 4.39 Å². The van der Waals surface area contributed by atoms with Crippen molar-refractivity contribution in [3.05, 3.63) is 35.6 Å². The number of hydrogen-bond donors (Lipinski definition) is 1. The standard InChI is InChI=1S/C15H22FNO2/c1-15(2)11-17(9-10-19-15)8-7-14(18)12-3-5-13(16)6-4-12/h3-6,14,18H,7-11H2,1-2H3. The van der Waals surface area contributed by atoms with Gasteiger partial charge >= 0.3 is 0 Å². The zero-order chi connectivity index (χ0) is 13.9.